The summed E-state index contributed by atoms with van der Waals surface area (Å²) in [6, 6.07) is 10.0. The minimum absolute atomic E-state index is 0.201. The monoisotopic (exact) mass is 400 g/mol. The SMILES string of the molecule is Clc1cnc(Oc2ccccc2Oc2ncc(Cl)cc2Cl)c(Cl)c1. The number of para-hydroxylation sites is 2. The van der Waals surface area contributed by atoms with Crippen LogP contribution >= 0.6 is 46.4 Å². The minimum atomic E-state index is 0.201. The van der Waals surface area contributed by atoms with Crippen molar-refractivity contribution in [2.24, 2.45) is 0 Å². The van der Waals surface area contributed by atoms with E-state index in [1.807, 2.05) is 0 Å². The highest BCUT2D eigenvalue weighted by atomic mass is 35.5. The van der Waals surface area contributed by atoms with Gasteiger partial charge in [0.05, 0.1) is 10.0 Å². The van der Waals surface area contributed by atoms with Gasteiger partial charge in [0.2, 0.25) is 11.8 Å². The molecule has 2 heterocycles. The first-order valence-corrected chi connectivity index (χ1v) is 8.11. The average Bonchev–Trinajstić information content (AvgIpc) is 2.54. The number of nitrogens with zero attached hydrogens (tertiary/aromatic N) is 2. The number of hydrogen-bond donors (Lipinski definition) is 0. The van der Waals surface area contributed by atoms with Crippen LogP contribution in [0.15, 0.2) is 48.8 Å². The molecule has 0 radical (unpaired) electrons. The van der Waals surface area contributed by atoms with Crippen LogP contribution in [0.4, 0.5) is 0 Å². The van der Waals surface area contributed by atoms with Gasteiger partial charge in [-0.25, -0.2) is 9.97 Å². The Morgan fingerprint density at radius 1 is 0.667 bits per heavy atom. The quantitative estimate of drug-likeness (QED) is 0.489. The van der Waals surface area contributed by atoms with Gasteiger partial charge >= 0.3 is 0 Å². The van der Waals surface area contributed by atoms with Crippen molar-refractivity contribution >= 4 is 46.4 Å². The van der Waals surface area contributed by atoms with Gasteiger partial charge in [0, 0.05) is 12.4 Å². The van der Waals surface area contributed by atoms with Gasteiger partial charge in [-0.3, -0.25) is 0 Å². The fraction of sp³-hybridized carbons (Fsp3) is 0. The van der Waals surface area contributed by atoms with Crippen LogP contribution in [0.3, 0.4) is 0 Å². The summed E-state index contributed by atoms with van der Waals surface area (Å²) in [6.45, 7) is 0. The van der Waals surface area contributed by atoms with Crippen molar-refractivity contribution in [3.63, 3.8) is 0 Å². The lowest BCUT2D eigenvalue weighted by molar-refractivity contribution is 0.402. The van der Waals surface area contributed by atoms with Crippen molar-refractivity contribution < 1.29 is 9.47 Å². The summed E-state index contributed by atoms with van der Waals surface area (Å²) in [5.74, 6) is 1.18. The summed E-state index contributed by atoms with van der Waals surface area (Å²) in [6.07, 6.45) is 2.87. The molecule has 3 aromatic rings. The molecule has 0 aliphatic heterocycles. The lowest BCUT2D eigenvalue weighted by atomic mass is 10.3. The van der Waals surface area contributed by atoms with E-state index in [1.54, 1.807) is 24.3 Å². The molecule has 0 aliphatic carbocycles. The normalized spacial score (nSPS) is 10.5. The Bertz CT molecular complexity index is 817. The Balaban J connectivity index is 1.90. The van der Waals surface area contributed by atoms with Gasteiger partial charge in [0.25, 0.3) is 0 Å². The van der Waals surface area contributed by atoms with Crippen LogP contribution in [-0.4, -0.2) is 9.97 Å². The third-order valence-electron chi connectivity index (χ3n) is 2.81. The first kappa shape index (κ1) is 17.1. The largest absolute Gasteiger partial charge is 0.434 e. The van der Waals surface area contributed by atoms with E-state index in [9.17, 15) is 0 Å². The van der Waals surface area contributed by atoms with Crippen molar-refractivity contribution in [2.45, 2.75) is 0 Å². The number of aromatic nitrogens is 2. The van der Waals surface area contributed by atoms with Gasteiger partial charge in [-0.05, 0) is 24.3 Å². The maximum atomic E-state index is 6.07. The molecule has 4 nitrogen and oxygen atoms in total. The van der Waals surface area contributed by atoms with Crippen LogP contribution in [0.2, 0.25) is 20.1 Å². The molecule has 0 atom stereocenters. The zero-order valence-corrected chi connectivity index (χ0v) is 14.9. The lowest BCUT2D eigenvalue weighted by Crippen LogP contribution is -1.94. The molecule has 122 valence electrons. The fourth-order valence-electron chi connectivity index (χ4n) is 1.78. The van der Waals surface area contributed by atoms with Crippen molar-refractivity contribution in [2.75, 3.05) is 0 Å². The molecule has 0 fully saturated rings. The summed E-state index contributed by atoms with van der Waals surface area (Å²) in [7, 11) is 0. The molecule has 0 saturated heterocycles. The maximum absolute atomic E-state index is 6.07. The fourth-order valence-corrected chi connectivity index (χ4v) is 2.62. The second-order valence-electron chi connectivity index (χ2n) is 4.53. The maximum Gasteiger partial charge on any atom is 0.238 e. The van der Waals surface area contributed by atoms with Gasteiger partial charge in [-0.1, -0.05) is 58.5 Å². The second kappa shape index (κ2) is 7.45. The summed E-state index contributed by atoms with van der Waals surface area (Å²) < 4.78 is 11.4. The Morgan fingerprint density at radius 2 is 1.08 bits per heavy atom. The van der Waals surface area contributed by atoms with Crippen molar-refractivity contribution in [3.8, 4) is 23.3 Å². The molecule has 2 aromatic heterocycles. The number of pyridine rings is 2. The van der Waals surface area contributed by atoms with Gasteiger partial charge in [0.1, 0.15) is 10.0 Å². The topological polar surface area (TPSA) is 44.2 Å². The van der Waals surface area contributed by atoms with Crippen LogP contribution in [0.25, 0.3) is 0 Å². The molecule has 0 unspecified atom stereocenters. The predicted octanol–water partition coefficient (Wildman–Crippen LogP) is 6.67. The van der Waals surface area contributed by atoms with Crippen LogP contribution < -0.4 is 9.47 Å². The highest BCUT2D eigenvalue weighted by Gasteiger charge is 2.13. The summed E-state index contributed by atoms with van der Waals surface area (Å²) in [5, 5.41) is 1.38. The van der Waals surface area contributed by atoms with E-state index in [1.165, 1.54) is 24.5 Å². The molecular formula is C16H8Cl4N2O2. The van der Waals surface area contributed by atoms with Crippen molar-refractivity contribution in [3.05, 3.63) is 68.9 Å². The first-order valence-electron chi connectivity index (χ1n) is 6.60. The number of hydrogen-bond acceptors (Lipinski definition) is 4. The molecule has 8 heteroatoms. The van der Waals surface area contributed by atoms with E-state index in [0.29, 0.717) is 21.5 Å². The third kappa shape index (κ3) is 4.02. The molecule has 0 aliphatic rings. The van der Waals surface area contributed by atoms with Crippen molar-refractivity contribution in [1.29, 1.82) is 0 Å². The molecule has 3 rings (SSSR count). The summed E-state index contributed by atoms with van der Waals surface area (Å²) >= 11 is 23.8. The number of ether oxygens (including phenoxy) is 2. The predicted molar refractivity (Wildman–Crippen MR) is 95.1 cm³/mol. The van der Waals surface area contributed by atoms with Crippen LogP contribution in [0, 0.1) is 0 Å². The van der Waals surface area contributed by atoms with E-state index < -0.39 is 0 Å². The molecule has 0 N–H and O–H groups in total. The van der Waals surface area contributed by atoms with E-state index in [-0.39, 0.29) is 21.8 Å². The molecule has 0 spiro atoms. The molecule has 24 heavy (non-hydrogen) atoms. The van der Waals surface area contributed by atoms with E-state index in [2.05, 4.69) is 9.97 Å². The summed E-state index contributed by atoms with van der Waals surface area (Å²) in [4.78, 5) is 8.10. The van der Waals surface area contributed by atoms with Gasteiger partial charge in [-0.2, -0.15) is 0 Å². The Labute approximate surface area is 157 Å². The third-order valence-corrected chi connectivity index (χ3v) is 3.77. The second-order valence-corrected chi connectivity index (χ2v) is 6.22. The Kier molecular flexibility index (Phi) is 5.31. The molecule has 0 saturated carbocycles. The van der Waals surface area contributed by atoms with Gasteiger partial charge in [0.15, 0.2) is 11.5 Å². The zero-order valence-electron chi connectivity index (χ0n) is 11.8. The van der Waals surface area contributed by atoms with Crippen molar-refractivity contribution in [1.82, 2.24) is 9.97 Å². The molecule has 0 bridgehead atoms. The molecular weight excluding hydrogens is 394 g/mol. The highest BCUT2D eigenvalue weighted by Crippen LogP contribution is 2.38. The Hall–Kier alpha value is -1.72. The molecule has 0 amide bonds. The number of halogens is 4. The highest BCUT2D eigenvalue weighted by molar-refractivity contribution is 6.35. The van der Waals surface area contributed by atoms with E-state index in [4.69, 9.17) is 55.9 Å². The lowest BCUT2D eigenvalue weighted by Gasteiger charge is -2.12. The minimum Gasteiger partial charge on any atom is -0.434 e. The molecule has 1 aromatic carbocycles. The smallest absolute Gasteiger partial charge is 0.238 e. The van der Waals surface area contributed by atoms with Crippen LogP contribution in [-0.2, 0) is 0 Å². The van der Waals surface area contributed by atoms with Crippen LogP contribution in [0.5, 0.6) is 23.3 Å². The van der Waals surface area contributed by atoms with Crippen LogP contribution in [0.1, 0.15) is 0 Å². The zero-order chi connectivity index (χ0) is 17.1. The number of rotatable bonds is 4. The van der Waals surface area contributed by atoms with E-state index in [0.717, 1.165) is 0 Å². The van der Waals surface area contributed by atoms with E-state index >= 15 is 0 Å². The summed E-state index contributed by atoms with van der Waals surface area (Å²) in [5.41, 5.74) is 0. The van der Waals surface area contributed by atoms with Gasteiger partial charge in [-0.15, -0.1) is 0 Å². The van der Waals surface area contributed by atoms with Gasteiger partial charge < -0.3 is 9.47 Å². The standard InChI is InChI=1S/C16H8Cl4N2O2/c17-9-5-11(19)15(21-7-9)23-13-3-1-2-4-14(13)24-16-12(20)6-10(18)8-22-16/h1-8H. The average molecular weight is 402 g/mol. The Morgan fingerprint density at radius 3 is 1.46 bits per heavy atom. The number of benzene rings is 1. The first-order chi connectivity index (χ1) is 11.5.